The molecular formula is C19H31N5O5S. The predicted molar refractivity (Wildman–Crippen MR) is 117 cm³/mol. The SMILES string of the molecule is C1=NCCO1.C1=NOCC1.C1CCSC1.C1COCN1.c1cnoc1.c1cocn1. The van der Waals surface area contributed by atoms with Crippen molar-refractivity contribution in [1.29, 1.82) is 0 Å². The van der Waals surface area contributed by atoms with Crippen LogP contribution in [0.5, 0.6) is 0 Å². The van der Waals surface area contributed by atoms with Crippen LogP contribution in [0.25, 0.3) is 0 Å². The summed E-state index contributed by atoms with van der Waals surface area (Å²) in [7, 11) is 0. The van der Waals surface area contributed by atoms with Gasteiger partial charge in [-0.3, -0.25) is 10.3 Å². The van der Waals surface area contributed by atoms with Gasteiger partial charge < -0.3 is 23.3 Å². The van der Waals surface area contributed by atoms with Crippen molar-refractivity contribution < 1.29 is 23.3 Å². The lowest BCUT2D eigenvalue weighted by atomic mass is 10.4. The highest BCUT2D eigenvalue weighted by Crippen LogP contribution is 2.14. The minimum atomic E-state index is 0.750. The van der Waals surface area contributed by atoms with Crippen molar-refractivity contribution in [2.45, 2.75) is 19.3 Å². The molecule has 2 saturated heterocycles. The Balaban J connectivity index is 0.000000180. The minimum Gasteiger partial charge on any atom is -0.482 e. The second-order valence-electron chi connectivity index (χ2n) is 5.53. The van der Waals surface area contributed by atoms with Gasteiger partial charge in [-0.2, -0.15) is 11.8 Å². The molecule has 4 aliphatic heterocycles. The Labute approximate surface area is 181 Å². The quantitative estimate of drug-likeness (QED) is 0.658. The number of nitrogens with zero attached hydrogens (tertiary/aromatic N) is 4. The number of ether oxygens (including phenoxy) is 2. The minimum absolute atomic E-state index is 0.750. The Kier molecular flexibility index (Phi) is 19.6. The first-order chi connectivity index (χ1) is 15.0. The molecule has 0 radical (unpaired) electrons. The highest BCUT2D eigenvalue weighted by molar-refractivity contribution is 7.99. The number of hydrogen-bond acceptors (Lipinski definition) is 11. The van der Waals surface area contributed by atoms with Gasteiger partial charge in [0.05, 0.1) is 32.3 Å². The molecular weight excluding hydrogens is 410 g/mol. The van der Waals surface area contributed by atoms with Crippen molar-refractivity contribution in [3.8, 4) is 0 Å². The van der Waals surface area contributed by atoms with Crippen LogP contribution in [0.4, 0.5) is 0 Å². The molecule has 0 aromatic carbocycles. The van der Waals surface area contributed by atoms with E-state index < -0.39 is 0 Å². The summed E-state index contributed by atoms with van der Waals surface area (Å²) >= 11 is 2.07. The van der Waals surface area contributed by atoms with E-state index in [-0.39, 0.29) is 0 Å². The van der Waals surface area contributed by atoms with Crippen LogP contribution in [0.1, 0.15) is 19.3 Å². The molecule has 0 spiro atoms. The van der Waals surface area contributed by atoms with Crippen molar-refractivity contribution in [3.63, 3.8) is 0 Å². The van der Waals surface area contributed by atoms with E-state index in [0.29, 0.717) is 0 Å². The smallest absolute Gasteiger partial charge is 0.180 e. The fourth-order valence-corrected chi connectivity index (χ4v) is 2.77. The topological polar surface area (TPSA) is 117 Å². The first kappa shape index (κ1) is 25.7. The zero-order chi connectivity index (χ0) is 21.2. The van der Waals surface area contributed by atoms with Crippen LogP contribution in [0.3, 0.4) is 0 Å². The van der Waals surface area contributed by atoms with Crippen LogP contribution in [0, 0.1) is 0 Å². The van der Waals surface area contributed by atoms with Crippen LogP contribution in [0.15, 0.2) is 56.5 Å². The monoisotopic (exact) mass is 441 g/mol. The van der Waals surface area contributed by atoms with E-state index in [0.717, 1.165) is 46.1 Å². The summed E-state index contributed by atoms with van der Waals surface area (Å²) in [6.45, 7) is 5.07. The number of rotatable bonds is 0. The zero-order valence-electron chi connectivity index (χ0n) is 17.1. The maximum absolute atomic E-state index is 4.83. The first-order valence-corrected chi connectivity index (χ1v) is 10.9. The van der Waals surface area contributed by atoms with E-state index in [2.05, 4.69) is 55.9 Å². The fourth-order valence-electron chi connectivity index (χ4n) is 1.75. The van der Waals surface area contributed by atoms with Gasteiger partial charge in [-0.15, -0.1) is 0 Å². The number of thioether (sulfide) groups is 1. The number of aliphatic imine (C=N–C) groups is 1. The van der Waals surface area contributed by atoms with Crippen molar-refractivity contribution in [1.82, 2.24) is 15.5 Å². The molecule has 1 N–H and O–H groups in total. The molecule has 0 amide bonds. The molecule has 6 heterocycles. The summed E-state index contributed by atoms with van der Waals surface area (Å²) in [5, 5.41) is 9.81. The molecule has 0 saturated carbocycles. The summed E-state index contributed by atoms with van der Waals surface area (Å²) < 4.78 is 18.3. The lowest BCUT2D eigenvalue weighted by Gasteiger charge is -1.76. The molecule has 11 heteroatoms. The maximum Gasteiger partial charge on any atom is 0.180 e. The van der Waals surface area contributed by atoms with E-state index in [4.69, 9.17) is 4.74 Å². The van der Waals surface area contributed by atoms with Gasteiger partial charge in [0.1, 0.15) is 25.7 Å². The Morgan fingerprint density at radius 3 is 2.13 bits per heavy atom. The Hall–Kier alpha value is -2.37. The van der Waals surface area contributed by atoms with Gasteiger partial charge in [0, 0.05) is 19.2 Å². The van der Waals surface area contributed by atoms with Crippen molar-refractivity contribution in [2.75, 3.05) is 51.1 Å². The second kappa shape index (κ2) is 22.9. The zero-order valence-corrected chi connectivity index (χ0v) is 18.0. The van der Waals surface area contributed by atoms with Crippen LogP contribution in [-0.2, 0) is 14.3 Å². The number of oxazole rings is 1. The largest absolute Gasteiger partial charge is 0.482 e. The van der Waals surface area contributed by atoms with E-state index in [1.165, 1.54) is 49.7 Å². The molecule has 10 nitrogen and oxygen atoms in total. The van der Waals surface area contributed by atoms with Gasteiger partial charge in [-0.1, -0.05) is 10.3 Å². The average molecular weight is 442 g/mol. The van der Waals surface area contributed by atoms with E-state index in [1.807, 2.05) is 0 Å². The van der Waals surface area contributed by atoms with Crippen LogP contribution < -0.4 is 5.32 Å². The number of aromatic nitrogens is 2. The average Bonchev–Trinajstić information content (AvgIpc) is 3.69. The van der Waals surface area contributed by atoms with E-state index in [1.54, 1.807) is 24.7 Å². The Morgan fingerprint density at radius 2 is 1.93 bits per heavy atom. The van der Waals surface area contributed by atoms with Gasteiger partial charge in [0.2, 0.25) is 0 Å². The van der Waals surface area contributed by atoms with Crippen LogP contribution in [0.2, 0.25) is 0 Å². The summed E-state index contributed by atoms with van der Waals surface area (Å²) in [6.07, 6.45) is 14.7. The van der Waals surface area contributed by atoms with E-state index >= 15 is 0 Å². The number of hydrogen-bond donors (Lipinski definition) is 1. The summed E-state index contributed by atoms with van der Waals surface area (Å²) in [4.78, 5) is 11.8. The second-order valence-corrected chi connectivity index (χ2v) is 6.75. The molecule has 2 aromatic heterocycles. The lowest BCUT2D eigenvalue weighted by Crippen LogP contribution is -2.05. The van der Waals surface area contributed by atoms with Crippen molar-refractivity contribution in [3.05, 3.63) is 37.4 Å². The molecule has 0 bridgehead atoms. The standard InChI is InChI=1S/C4H8S.C3H7NO.C3H5NO.C3H3NO.C3H5NO.C3H3NO/c1-2-4-5-3-1;3*1-2-5-3-4-1;2*1-2-4-5-3-1/h1-4H2;4H,1-3H2;3H,1-2H2;1-3H;2H,1,3H2;1-3H. The highest BCUT2D eigenvalue weighted by atomic mass is 32.2. The molecule has 2 aromatic rings. The molecule has 2 fully saturated rings. The normalized spacial score (nSPS) is 17.1. The van der Waals surface area contributed by atoms with Gasteiger partial charge >= 0.3 is 0 Å². The third-order valence-electron chi connectivity index (χ3n) is 3.12. The predicted octanol–water partition coefficient (Wildman–Crippen LogP) is 2.86. The first-order valence-electron chi connectivity index (χ1n) is 9.76. The number of nitrogens with one attached hydrogen (secondary N) is 1. The Bertz CT molecular complexity index is 462. The molecule has 30 heavy (non-hydrogen) atoms. The van der Waals surface area contributed by atoms with Crippen molar-refractivity contribution in [2.24, 2.45) is 10.1 Å². The lowest BCUT2D eigenvalue weighted by molar-refractivity contribution is 0.174. The Morgan fingerprint density at radius 1 is 1.00 bits per heavy atom. The fraction of sp³-hybridized carbons (Fsp3) is 0.579. The van der Waals surface area contributed by atoms with Crippen molar-refractivity contribution >= 4 is 24.4 Å². The summed E-state index contributed by atoms with van der Waals surface area (Å²) in [6, 6.07) is 1.72. The molecule has 6 rings (SSSR count). The highest BCUT2D eigenvalue weighted by Gasteiger charge is 1.95. The van der Waals surface area contributed by atoms with Crippen LogP contribution in [-0.4, -0.2) is 73.9 Å². The summed E-state index contributed by atoms with van der Waals surface area (Å²) in [5.74, 6) is 2.83. The third kappa shape index (κ3) is 20.4. The maximum atomic E-state index is 4.83. The molecule has 168 valence electrons. The van der Waals surface area contributed by atoms with Gasteiger partial charge in [-0.25, -0.2) is 4.98 Å². The van der Waals surface area contributed by atoms with E-state index in [9.17, 15) is 0 Å². The number of oxime groups is 1. The third-order valence-corrected chi connectivity index (χ3v) is 4.28. The molecule has 4 aliphatic rings. The van der Waals surface area contributed by atoms with Crippen LogP contribution >= 0.6 is 11.8 Å². The summed E-state index contributed by atoms with van der Waals surface area (Å²) in [5.41, 5.74) is 0. The van der Waals surface area contributed by atoms with Gasteiger partial charge in [0.25, 0.3) is 0 Å². The van der Waals surface area contributed by atoms with Gasteiger partial charge in [0.15, 0.2) is 12.8 Å². The molecule has 0 atom stereocenters. The van der Waals surface area contributed by atoms with Gasteiger partial charge in [-0.05, 0) is 30.4 Å². The molecule has 0 unspecified atom stereocenters. The molecule has 0 aliphatic carbocycles.